The maximum Gasteiger partial charge on any atom is 0.270 e. The summed E-state index contributed by atoms with van der Waals surface area (Å²) in [6.07, 6.45) is 6.13. The summed E-state index contributed by atoms with van der Waals surface area (Å²) >= 11 is 0. The number of hydrogen-bond donors (Lipinski definition) is 0. The molecule has 0 aliphatic heterocycles. The Morgan fingerprint density at radius 1 is 1.03 bits per heavy atom. The first-order valence-electron chi connectivity index (χ1n) is 10.0. The first-order valence-corrected chi connectivity index (χ1v) is 10.0. The SMILES string of the molecule is Cc1nc(/C=C/c2cc[n+](C)c3ccccc23)cc2c3cc([N+](=O)[O-])ccc3n(C)c12. The molecule has 3 aromatic heterocycles. The van der Waals surface area contributed by atoms with Gasteiger partial charge in [-0.15, -0.1) is 0 Å². The van der Waals surface area contributed by atoms with Crippen molar-refractivity contribution in [3.8, 4) is 0 Å². The minimum absolute atomic E-state index is 0.0928. The number of nitro groups is 1. The molecule has 2 aromatic carbocycles. The Balaban J connectivity index is 1.68. The fourth-order valence-corrected chi connectivity index (χ4v) is 4.38. The van der Waals surface area contributed by atoms with Crippen molar-refractivity contribution < 1.29 is 9.49 Å². The summed E-state index contributed by atoms with van der Waals surface area (Å²) in [6.45, 7) is 1.98. The van der Waals surface area contributed by atoms with Crippen molar-refractivity contribution in [3.05, 3.63) is 87.9 Å². The number of pyridine rings is 2. The van der Waals surface area contributed by atoms with Crippen LogP contribution in [-0.4, -0.2) is 14.5 Å². The molecule has 3 heterocycles. The zero-order chi connectivity index (χ0) is 21.7. The van der Waals surface area contributed by atoms with Gasteiger partial charge in [-0.1, -0.05) is 18.2 Å². The Hall–Kier alpha value is -4.06. The molecule has 0 aliphatic carbocycles. The molecule has 0 fully saturated rings. The van der Waals surface area contributed by atoms with Crippen molar-refractivity contribution in [1.29, 1.82) is 0 Å². The van der Waals surface area contributed by atoms with Crippen LogP contribution in [0.4, 0.5) is 5.69 Å². The highest BCUT2D eigenvalue weighted by molar-refractivity contribution is 6.10. The molecule has 0 atom stereocenters. The largest absolute Gasteiger partial charge is 0.342 e. The summed E-state index contributed by atoms with van der Waals surface area (Å²) in [6, 6.07) is 17.4. The van der Waals surface area contributed by atoms with Crippen LogP contribution in [0.3, 0.4) is 0 Å². The zero-order valence-corrected chi connectivity index (χ0v) is 17.5. The lowest BCUT2D eigenvalue weighted by molar-refractivity contribution is -0.644. The van der Waals surface area contributed by atoms with Gasteiger partial charge in [0.2, 0.25) is 5.52 Å². The van der Waals surface area contributed by atoms with Gasteiger partial charge in [0.15, 0.2) is 6.20 Å². The predicted molar refractivity (Wildman–Crippen MR) is 124 cm³/mol. The van der Waals surface area contributed by atoms with Gasteiger partial charge in [-0.25, -0.2) is 4.57 Å². The van der Waals surface area contributed by atoms with Crippen LogP contribution in [0.5, 0.6) is 0 Å². The van der Waals surface area contributed by atoms with E-state index in [9.17, 15) is 10.1 Å². The topological polar surface area (TPSA) is 64.8 Å². The molecule has 31 heavy (non-hydrogen) atoms. The van der Waals surface area contributed by atoms with E-state index in [-0.39, 0.29) is 10.6 Å². The van der Waals surface area contributed by atoms with Crippen LogP contribution >= 0.6 is 0 Å². The zero-order valence-electron chi connectivity index (χ0n) is 17.5. The van der Waals surface area contributed by atoms with Crippen molar-refractivity contribution in [2.24, 2.45) is 14.1 Å². The summed E-state index contributed by atoms with van der Waals surface area (Å²) in [7, 11) is 4.01. The average molecular weight is 409 g/mol. The summed E-state index contributed by atoms with van der Waals surface area (Å²) < 4.78 is 4.15. The van der Waals surface area contributed by atoms with Gasteiger partial charge in [-0.05, 0) is 36.8 Å². The van der Waals surface area contributed by atoms with Crippen LogP contribution in [0.25, 0.3) is 44.9 Å². The summed E-state index contributed by atoms with van der Waals surface area (Å²) in [5, 5.41) is 14.3. The molecule has 5 rings (SSSR count). The van der Waals surface area contributed by atoms with Gasteiger partial charge in [0, 0.05) is 47.6 Å². The second-order valence-corrected chi connectivity index (χ2v) is 7.78. The van der Waals surface area contributed by atoms with Crippen molar-refractivity contribution in [1.82, 2.24) is 9.55 Å². The van der Waals surface area contributed by atoms with Gasteiger partial charge in [0.25, 0.3) is 5.69 Å². The number of benzene rings is 2. The Morgan fingerprint density at radius 2 is 1.84 bits per heavy atom. The monoisotopic (exact) mass is 409 g/mol. The van der Waals surface area contributed by atoms with Gasteiger partial charge >= 0.3 is 0 Å². The van der Waals surface area contributed by atoms with E-state index >= 15 is 0 Å². The van der Waals surface area contributed by atoms with Gasteiger partial charge < -0.3 is 4.57 Å². The summed E-state index contributed by atoms with van der Waals surface area (Å²) in [4.78, 5) is 15.7. The van der Waals surface area contributed by atoms with E-state index in [2.05, 4.69) is 33.4 Å². The molecule has 0 radical (unpaired) electrons. The molecule has 0 unspecified atom stereocenters. The van der Waals surface area contributed by atoms with E-state index < -0.39 is 0 Å². The molecular weight excluding hydrogens is 388 g/mol. The number of rotatable bonds is 3. The molecule has 6 heteroatoms. The van der Waals surface area contributed by atoms with Crippen molar-refractivity contribution in [3.63, 3.8) is 0 Å². The quantitative estimate of drug-likeness (QED) is 0.237. The van der Waals surface area contributed by atoms with E-state index in [1.165, 1.54) is 5.39 Å². The highest BCUT2D eigenvalue weighted by Crippen LogP contribution is 2.33. The normalized spacial score (nSPS) is 11.8. The Labute approximate surface area is 178 Å². The number of aryl methyl sites for hydroxylation is 3. The molecule has 5 aromatic rings. The molecule has 0 aliphatic rings. The first-order chi connectivity index (χ1) is 14.9. The van der Waals surface area contributed by atoms with E-state index in [4.69, 9.17) is 4.98 Å². The van der Waals surface area contributed by atoms with Crippen LogP contribution in [0.1, 0.15) is 17.0 Å². The van der Waals surface area contributed by atoms with Crippen LogP contribution in [0.15, 0.2) is 60.8 Å². The Bertz CT molecular complexity index is 1550. The molecule has 0 N–H and O–H groups in total. The third kappa shape index (κ3) is 3.04. The van der Waals surface area contributed by atoms with Gasteiger partial charge in [0.05, 0.1) is 27.2 Å². The minimum Gasteiger partial charge on any atom is -0.342 e. The average Bonchev–Trinajstić information content (AvgIpc) is 3.05. The highest BCUT2D eigenvalue weighted by atomic mass is 16.6. The van der Waals surface area contributed by atoms with E-state index in [0.717, 1.165) is 44.3 Å². The second kappa shape index (κ2) is 7.02. The molecule has 0 saturated carbocycles. The minimum atomic E-state index is -0.354. The lowest BCUT2D eigenvalue weighted by atomic mass is 10.1. The number of fused-ring (bicyclic) bond motifs is 4. The molecule has 6 nitrogen and oxygen atoms in total. The van der Waals surface area contributed by atoms with E-state index in [1.54, 1.807) is 18.2 Å². The fraction of sp³-hybridized carbons (Fsp3) is 0.120. The first kappa shape index (κ1) is 18.9. The van der Waals surface area contributed by atoms with Crippen molar-refractivity contribution >= 4 is 50.5 Å². The Kier molecular flexibility index (Phi) is 4.29. The van der Waals surface area contributed by atoms with E-state index in [0.29, 0.717) is 0 Å². The maximum absolute atomic E-state index is 11.3. The number of nitrogens with zero attached hydrogens (tertiary/aromatic N) is 4. The van der Waals surface area contributed by atoms with Gasteiger partial charge in [-0.2, -0.15) is 0 Å². The second-order valence-electron chi connectivity index (χ2n) is 7.78. The van der Waals surface area contributed by atoms with Gasteiger partial charge in [-0.3, -0.25) is 15.1 Å². The summed E-state index contributed by atoms with van der Waals surface area (Å²) in [5.41, 5.74) is 6.02. The van der Waals surface area contributed by atoms with Crippen LogP contribution in [0.2, 0.25) is 0 Å². The fourth-order valence-electron chi connectivity index (χ4n) is 4.38. The van der Waals surface area contributed by atoms with Crippen LogP contribution in [-0.2, 0) is 14.1 Å². The molecule has 0 saturated heterocycles. The maximum atomic E-state index is 11.3. The number of hydrogen-bond acceptors (Lipinski definition) is 3. The molecular formula is C25H21N4O2+. The lowest BCUT2D eigenvalue weighted by Gasteiger charge is -2.04. The third-order valence-corrected chi connectivity index (χ3v) is 5.87. The van der Waals surface area contributed by atoms with Crippen LogP contribution < -0.4 is 4.57 Å². The van der Waals surface area contributed by atoms with E-state index in [1.807, 2.05) is 51.5 Å². The molecule has 152 valence electrons. The molecule has 0 bridgehead atoms. The lowest BCUT2D eigenvalue weighted by Crippen LogP contribution is -2.28. The van der Waals surface area contributed by atoms with Crippen molar-refractivity contribution in [2.45, 2.75) is 6.92 Å². The summed E-state index contributed by atoms with van der Waals surface area (Å²) in [5.74, 6) is 0. The Morgan fingerprint density at radius 3 is 2.65 bits per heavy atom. The van der Waals surface area contributed by atoms with Gasteiger partial charge in [0.1, 0.15) is 7.05 Å². The number of nitro benzene ring substituents is 1. The number of non-ortho nitro benzene ring substituents is 1. The third-order valence-electron chi connectivity index (χ3n) is 5.87. The molecule has 0 spiro atoms. The number of para-hydroxylation sites is 1. The van der Waals surface area contributed by atoms with Crippen LogP contribution in [0, 0.1) is 17.0 Å². The standard InChI is InChI=1S/C25H21N4O2/c1-16-25-22(21-15-19(29(30)31)10-11-24(21)28(25)3)14-18(26-16)9-8-17-12-13-27(2)23-7-5-4-6-20(17)23/h4-15H,1-3H3/q+1. The highest BCUT2D eigenvalue weighted by Gasteiger charge is 2.16. The van der Waals surface area contributed by atoms with Crippen molar-refractivity contribution in [2.75, 3.05) is 0 Å². The smallest absolute Gasteiger partial charge is 0.270 e. The molecule has 0 amide bonds. The number of aromatic nitrogens is 3. The predicted octanol–water partition coefficient (Wildman–Crippen LogP) is 5.09.